The third-order valence-corrected chi connectivity index (χ3v) is 7.03. The third-order valence-electron chi connectivity index (χ3n) is 7.03. The third kappa shape index (κ3) is 9.84. The van der Waals surface area contributed by atoms with Gasteiger partial charge in [0.25, 0.3) is 0 Å². The maximum absolute atomic E-state index is 13.9. The van der Waals surface area contributed by atoms with Gasteiger partial charge in [0.05, 0.1) is 27.3 Å². The highest BCUT2D eigenvalue weighted by Crippen LogP contribution is 2.38. The van der Waals surface area contributed by atoms with Crippen LogP contribution in [0.5, 0.6) is 17.2 Å². The zero-order valence-corrected chi connectivity index (χ0v) is 26.4. The SMILES string of the molecule is COc1cc(C[C@H](Nc2cccc(C(C)C)c2)C(=O)N[C@H](C(=O)N[C@H](CC(C)C)B(O)O)C(C)C)cc(OC)c1OC. The molecule has 0 saturated carbocycles. The van der Waals surface area contributed by atoms with Crippen LogP contribution in [0.15, 0.2) is 36.4 Å². The van der Waals surface area contributed by atoms with Crippen molar-refractivity contribution in [2.75, 3.05) is 26.6 Å². The molecule has 2 aromatic carbocycles. The summed E-state index contributed by atoms with van der Waals surface area (Å²) in [4.78, 5) is 27.2. The van der Waals surface area contributed by atoms with Gasteiger partial charge in [-0.05, 0) is 59.6 Å². The average Bonchev–Trinajstić information content (AvgIpc) is 2.93. The minimum absolute atomic E-state index is 0.123. The molecule has 42 heavy (non-hydrogen) atoms. The summed E-state index contributed by atoms with van der Waals surface area (Å²) in [6.45, 7) is 11.7. The van der Waals surface area contributed by atoms with Crippen LogP contribution in [0.4, 0.5) is 5.69 Å². The predicted molar refractivity (Wildman–Crippen MR) is 166 cm³/mol. The first kappa shape index (κ1) is 34.8. The van der Waals surface area contributed by atoms with E-state index < -0.39 is 37.0 Å². The second-order valence-electron chi connectivity index (χ2n) is 11.6. The highest BCUT2D eigenvalue weighted by molar-refractivity contribution is 6.43. The van der Waals surface area contributed by atoms with Gasteiger partial charge in [-0.25, -0.2) is 0 Å². The van der Waals surface area contributed by atoms with Gasteiger partial charge < -0.3 is 40.2 Å². The molecular weight excluding hydrogens is 537 g/mol. The maximum Gasteiger partial charge on any atom is 0.475 e. The van der Waals surface area contributed by atoms with Gasteiger partial charge in [-0.3, -0.25) is 9.59 Å². The van der Waals surface area contributed by atoms with Gasteiger partial charge >= 0.3 is 7.12 Å². The number of rotatable bonds is 16. The molecule has 0 heterocycles. The fourth-order valence-corrected chi connectivity index (χ4v) is 4.71. The number of anilines is 1. The Morgan fingerprint density at radius 1 is 0.857 bits per heavy atom. The van der Waals surface area contributed by atoms with Gasteiger partial charge in [-0.1, -0.05) is 53.7 Å². The number of nitrogens with one attached hydrogen (secondary N) is 3. The number of benzene rings is 2. The molecule has 2 aromatic rings. The molecule has 0 saturated heterocycles. The number of amides is 2. The fraction of sp³-hybridized carbons (Fsp3) is 0.548. The Kier molecular flexibility index (Phi) is 13.5. The van der Waals surface area contributed by atoms with Crippen LogP contribution < -0.4 is 30.2 Å². The number of methoxy groups -OCH3 is 3. The Labute approximate surface area is 250 Å². The molecule has 3 atom stereocenters. The Morgan fingerprint density at radius 2 is 1.48 bits per heavy atom. The lowest BCUT2D eigenvalue weighted by Gasteiger charge is -2.28. The molecule has 0 aliphatic rings. The summed E-state index contributed by atoms with van der Waals surface area (Å²) in [5.74, 6) is -0.208. The van der Waals surface area contributed by atoms with Crippen LogP contribution in [0.2, 0.25) is 0 Å². The summed E-state index contributed by atoms with van der Waals surface area (Å²) in [6, 6.07) is 9.77. The standard InChI is InChI=1S/C31H48BN3O7/c1-18(2)13-27(32(38)39)34-31(37)28(20(5)6)35-30(36)24(33-23-12-10-11-22(17-23)19(3)4)14-21-15-25(40-7)29(42-9)26(16-21)41-8/h10-12,15-20,24,27-28,33,38-39H,13-14H2,1-9H3,(H,34,37)(H,35,36)/t24-,27+,28-/m0/s1. The van der Waals surface area contributed by atoms with E-state index in [1.807, 2.05) is 52.0 Å². The van der Waals surface area contributed by atoms with Crippen molar-refractivity contribution >= 4 is 24.6 Å². The van der Waals surface area contributed by atoms with Crippen molar-refractivity contribution < 1.29 is 33.8 Å². The quantitative estimate of drug-likeness (QED) is 0.189. The topological polar surface area (TPSA) is 138 Å². The second kappa shape index (κ2) is 16.3. The number of hydrogen-bond acceptors (Lipinski definition) is 8. The summed E-state index contributed by atoms with van der Waals surface area (Å²) < 4.78 is 16.5. The van der Waals surface area contributed by atoms with Crippen molar-refractivity contribution in [3.8, 4) is 17.2 Å². The van der Waals surface area contributed by atoms with E-state index >= 15 is 0 Å². The molecular formula is C31H48BN3O7. The van der Waals surface area contributed by atoms with Crippen molar-refractivity contribution in [3.63, 3.8) is 0 Å². The van der Waals surface area contributed by atoms with Crippen LogP contribution in [0.1, 0.15) is 65.0 Å². The number of ether oxygens (including phenoxy) is 3. The van der Waals surface area contributed by atoms with Crippen LogP contribution in [0.3, 0.4) is 0 Å². The van der Waals surface area contributed by atoms with E-state index in [-0.39, 0.29) is 18.3 Å². The van der Waals surface area contributed by atoms with Crippen LogP contribution in [-0.2, 0) is 16.0 Å². The lowest BCUT2D eigenvalue weighted by molar-refractivity contribution is -0.130. The Balaban J connectivity index is 2.43. The molecule has 11 heteroatoms. The molecule has 2 amide bonds. The fourth-order valence-electron chi connectivity index (χ4n) is 4.71. The molecule has 0 bridgehead atoms. The van der Waals surface area contributed by atoms with Gasteiger partial charge in [0.1, 0.15) is 12.1 Å². The Morgan fingerprint density at radius 3 is 1.95 bits per heavy atom. The first-order valence-electron chi connectivity index (χ1n) is 14.4. The monoisotopic (exact) mass is 585 g/mol. The van der Waals surface area contributed by atoms with Crippen molar-refractivity contribution in [1.29, 1.82) is 0 Å². The highest BCUT2D eigenvalue weighted by Gasteiger charge is 2.33. The zero-order valence-electron chi connectivity index (χ0n) is 26.4. The number of carbonyl (C=O) groups excluding carboxylic acids is 2. The largest absolute Gasteiger partial charge is 0.493 e. The number of carbonyl (C=O) groups is 2. The first-order valence-corrected chi connectivity index (χ1v) is 14.4. The van der Waals surface area contributed by atoms with Gasteiger partial charge in [0, 0.05) is 12.1 Å². The van der Waals surface area contributed by atoms with E-state index in [1.54, 1.807) is 12.1 Å². The van der Waals surface area contributed by atoms with Crippen LogP contribution in [0, 0.1) is 11.8 Å². The van der Waals surface area contributed by atoms with Crippen molar-refractivity contribution in [3.05, 3.63) is 47.5 Å². The molecule has 0 spiro atoms. The van der Waals surface area contributed by atoms with Gasteiger partial charge in [-0.15, -0.1) is 0 Å². The second-order valence-corrected chi connectivity index (χ2v) is 11.6. The van der Waals surface area contributed by atoms with E-state index in [0.29, 0.717) is 29.6 Å². The van der Waals surface area contributed by atoms with Gasteiger partial charge in [0.2, 0.25) is 17.6 Å². The lowest BCUT2D eigenvalue weighted by atomic mass is 9.75. The molecule has 0 aliphatic carbocycles. The van der Waals surface area contributed by atoms with Crippen LogP contribution in [-0.4, -0.2) is 68.3 Å². The highest BCUT2D eigenvalue weighted by atomic mass is 16.5. The molecule has 0 fully saturated rings. The van der Waals surface area contributed by atoms with Crippen LogP contribution in [0.25, 0.3) is 0 Å². The molecule has 0 unspecified atom stereocenters. The van der Waals surface area contributed by atoms with E-state index in [1.165, 1.54) is 21.3 Å². The number of hydrogen-bond donors (Lipinski definition) is 5. The molecule has 5 N–H and O–H groups in total. The van der Waals surface area contributed by atoms with Crippen LogP contribution >= 0.6 is 0 Å². The van der Waals surface area contributed by atoms with Gasteiger partial charge in [-0.2, -0.15) is 0 Å². The van der Waals surface area contributed by atoms with E-state index in [9.17, 15) is 19.6 Å². The minimum atomic E-state index is -1.72. The molecule has 0 aliphatic heterocycles. The van der Waals surface area contributed by atoms with Gasteiger partial charge in [0.15, 0.2) is 11.5 Å². The summed E-state index contributed by atoms with van der Waals surface area (Å²) >= 11 is 0. The Hall–Kier alpha value is -3.44. The minimum Gasteiger partial charge on any atom is -0.493 e. The average molecular weight is 586 g/mol. The van der Waals surface area contributed by atoms with E-state index in [4.69, 9.17) is 14.2 Å². The lowest BCUT2D eigenvalue weighted by Crippen LogP contribution is -2.57. The zero-order chi connectivity index (χ0) is 31.6. The summed E-state index contributed by atoms with van der Waals surface area (Å²) in [7, 11) is 2.87. The Bertz CT molecular complexity index is 1150. The molecule has 10 nitrogen and oxygen atoms in total. The summed E-state index contributed by atoms with van der Waals surface area (Å²) in [6.07, 6.45) is 0.617. The first-order chi connectivity index (χ1) is 19.8. The normalized spacial score (nSPS) is 13.4. The predicted octanol–water partition coefficient (Wildman–Crippen LogP) is 3.54. The van der Waals surface area contributed by atoms with E-state index in [2.05, 4.69) is 29.8 Å². The molecule has 232 valence electrons. The summed E-state index contributed by atoms with van der Waals surface area (Å²) in [5, 5.41) is 28.6. The molecule has 0 radical (unpaired) electrons. The van der Waals surface area contributed by atoms with Crippen molar-refractivity contribution in [2.45, 2.75) is 78.3 Å². The summed E-state index contributed by atoms with van der Waals surface area (Å²) in [5.41, 5.74) is 2.63. The van der Waals surface area contributed by atoms with Crippen molar-refractivity contribution in [1.82, 2.24) is 10.6 Å². The smallest absolute Gasteiger partial charge is 0.475 e. The molecule has 0 aromatic heterocycles. The van der Waals surface area contributed by atoms with E-state index in [0.717, 1.165) is 16.8 Å². The molecule has 2 rings (SSSR count). The van der Waals surface area contributed by atoms with Crippen molar-refractivity contribution in [2.24, 2.45) is 11.8 Å². The maximum atomic E-state index is 13.9.